The van der Waals surface area contributed by atoms with Gasteiger partial charge in [-0.2, -0.15) is 36.3 Å². The zero-order chi connectivity index (χ0) is 18.9. The van der Waals surface area contributed by atoms with Gasteiger partial charge in [0, 0.05) is 10.6 Å². The molecule has 1 aromatic heterocycles. The number of aromatic nitrogens is 2. The molecule has 10 heteroatoms. The summed E-state index contributed by atoms with van der Waals surface area (Å²) in [7, 11) is -4.24. The second kappa shape index (κ2) is 6.65. The van der Waals surface area contributed by atoms with Crippen LogP contribution < -0.4 is 4.83 Å². The normalized spacial score (nSPS) is 12.2. The van der Waals surface area contributed by atoms with Crippen molar-refractivity contribution in [1.29, 1.82) is 0 Å². The summed E-state index contributed by atoms with van der Waals surface area (Å²) < 4.78 is 64.5. The van der Waals surface area contributed by atoms with Gasteiger partial charge in [0.1, 0.15) is 0 Å². The van der Waals surface area contributed by atoms with Gasteiger partial charge in [0.15, 0.2) is 5.69 Å². The quantitative estimate of drug-likeness (QED) is 0.714. The monoisotopic (exact) mass is 401 g/mol. The fourth-order valence-electron chi connectivity index (χ4n) is 2.18. The van der Waals surface area contributed by atoms with Gasteiger partial charge >= 0.3 is 6.18 Å². The number of sulfonamides is 1. The Morgan fingerprint density at radius 2 is 1.62 bits per heavy atom. The minimum absolute atomic E-state index is 0.0512. The van der Waals surface area contributed by atoms with Crippen molar-refractivity contribution in [3.8, 4) is 11.3 Å². The first-order valence-corrected chi connectivity index (χ1v) is 9.04. The summed E-state index contributed by atoms with van der Waals surface area (Å²) in [4.78, 5) is 1.87. The van der Waals surface area contributed by atoms with Crippen molar-refractivity contribution in [1.82, 2.24) is 9.89 Å². The van der Waals surface area contributed by atoms with Crippen LogP contribution in [0.25, 0.3) is 11.3 Å². The van der Waals surface area contributed by atoms with Crippen LogP contribution in [-0.2, 0) is 16.2 Å². The van der Waals surface area contributed by atoms with Crippen molar-refractivity contribution in [2.24, 2.45) is 0 Å². The molecule has 3 rings (SSSR count). The van der Waals surface area contributed by atoms with E-state index >= 15 is 0 Å². The number of alkyl halides is 3. The van der Waals surface area contributed by atoms with Crippen LogP contribution in [0.3, 0.4) is 0 Å². The van der Waals surface area contributed by atoms with Crippen molar-refractivity contribution < 1.29 is 21.6 Å². The Morgan fingerprint density at radius 1 is 1.00 bits per heavy atom. The van der Waals surface area contributed by atoms with Crippen LogP contribution >= 0.6 is 11.6 Å². The smallest absolute Gasteiger partial charge is 0.200 e. The number of halogens is 4. The van der Waals surface area contributed by atoms with Crippen molar-refractivity contribution in [3.05, 3.63) is 71.4 Å². The van der Waals surface area contributed by atoms with E-state index in [9.17, 15) is 21.6 Å². The van der Waals surface area contributed by atoms with Crippen molar-refractivity contribution in [3.63, 3.8) is 0 Å². The summed E-state index contributed by atoms with van der Waals surface area (Å²) in [5.74, 6) is 0. The average molecular weight is 402 g/mol. The first-order chi connectivity index (χ1) is 12.2. The van der Waals surface area contributed by atoms with E-state index in [-0.39, 0.29) is 15.4 Å². The lowest BCUT2D eigenvalue weighted by atomic mass is 10.1. The average Bonchev–Trinajstić information content (AvgIpc) is 3.00. The molecule has 0 fully saturated rings. The fourth-order valence-corrected chi connectivity index (χ4v) is 3.29. The molecule has 3 aromatic rings. The van der Waals surface area contributed by atoms with Gasteiger partial charge in [-0.25, -0.2) is 0 Å². The minimum Gasteiger partial charge on any atom is -0.200 e. The molecule has 0 aliphatic rings. The summed E-state index contributed by atoms with van der Waals surface area (Å²) in [5.41, 5.74) is -0.940. The number of nitrogens with zero attached hydrogens (tertiary/aromatic N) is 2. The highest BCUT2D eigenvalue weighted by molar-refractivity contribution is 7.92. The molecular formula is C16H11ClF3N3O2S. The predicted octanol–water partition coefficient (Wildman–Crippen LogP) is 4.15. The largest absolute Gasteiger partial charge is 0.435 e. The van der Waals surface area contributed by atoms with Gasteiger partial charge in [0.25, 0.3) is 10.0 Å². The topological polar surface area (TPSA) is 64.0 Å². The third-order valence-electron chi connectivity index (χ3n) is 3.40. The number of hydrogen-bond acceptors (Lipinski definition) is 3. The van der Waals surface area contributed by atoms with E-state index in [1.807, 2.05) is 4.83 Å². The zero-order valence-corrected chi connectivity index (χ0v) is 14.5. The Hall–Kier alpha value is -2.52. The molecule has 1 N–H and O–H groups in total. The molecule has 0 amide bonds. The number of hydrogen-bond donors (Lipinski definition) is 1. The third kappa shape index (κ3) is 3.83. The Morgan fingerprint density at radius 3 is 2.19 bits per heavy atom. The second-order valence-corrected chi connectivity index (χ2v) is 7.34. The molecule has 0 spiro atoms. The van der Waals surface area contributed by atoms with E-state index < -0.39 is 21.9 Å². The van der Waals surface area contributed by atoms with Gasteiger partial charge in [-0.1, -0.05) is 41.9 Å². The summed E-state index contributed by atoms with van der Waals surface area (Å²) in [6.07, 6.45) is -4.81. The maximum Gasteiger partial charge on any atom is 0.435 e. The van der Waals surface area contributed by atoms with Gasteiger partial charge < -0.3 is 0 Å². The van der Waals surface area contributed by atoms with Gasteiger partial charge in [0.2, 0.25) is 0 Å². The first kappa shape index (κ1) is 18.3. The first-order valence-electron chi connectivity index (χ1n) is 7.18. The van der Waals surface area contributed by atoms with Crippen molar-refractivity contribution in [2.75, 3.05) is 4.83 Å². The molecule has 0 radical (unpaired) electrons. The van der Waals surface area contributed by atoms with Crippen LogP contribution in [0.1, 0.15) is 5.69 Å². The molecule has 0 saturated carbocycles. The lowest BCUT2D eigenvalue weighted by Gasteiger charge is -2.12. The molecule has 136 valence electrons. The number of benzene rings is 2. The lowest BCUT2D eigenvalue weighted by Crippen LogP contribution is -2.28. The Balaban J connectivity index is 2.04. The molecule has 2 aromatic carbocycles. The van der Waals surface area contributed by atoms with E-state index in [2.05, 4.69) is 5.10 Å². The summed E-state index contributed by atoms with van der Waals surface area (Å²) in [5, 5.41) is 4.16. The Kier molecular flexibility index (Phi) is 4.68. The molecule has 0 bridgehead atoms. The molecule has 1 heterocycles. The third-order valence-corrected chi connectivity index (χ3v) is 4.96. The van der Waals surface area contributed by atoms with Crippen LogP contribution in [0.2, 0.25) is 5.02 Å². The highest BCUT2D eigenvalue weighted by Crippen LogP contribution is 2.32. The van der Waals surface area contributed by atoms with Crippen LogP contribution in [0, 0.1) is 0 Å². The molecule has 0 unspecified atom stereocenters. The SMILES string of the molecule is O=S(=O)(Nn1nc(-c2ccc(Cl)cc2)cc1C(F)(F)F)c1ccccc1. The van der Waals surface area contributed by atoms with E-state index in [4.69, 9.17) is 11.6 Å². The highest BCUT2D eigenvalue weighted by Gasteiger charge is 2.37. The number of nitrogens with one attached hydrogen (secondary N) is 1. The van der Waals surface area contributed by atoms with E-state index in [0.29, 0.717) is 10.6 Å². The molecule has 0 atom stereocenters. The van der Waals surface area contributed by atoms with Crippen LogP contribution in [0.4, 0.5) is 13.2 Å². The maximum absolute atomic E-state index is 13.3. The van der Waals surface area contributed by atoms with E-state index in [0.717, 1.165) is 6.07 Å². The zero-order valence-electron chi connectivity index (χ0n) is 12.9. The van der Waals surface area contributed by atoms with E-state index in [1.54, 1.807) is 6.07 Å². The molecular weight excluding hydrogens is 391 g/mol. The van der Waals surface area contributed by atoms with Gasteiger partial charge in [-0.3, -0.25) is 0 Å². The van der Waals surface area contributed by atoms with Gasteiger partial charge in [-0.15, -0.1) is 0 Å². The summed E-state index contributed by atoms with van der Waals surface area (Å²) in [6.45, 7) is 0. The van der Waals surface area contributed by atoms with Crippen LogP contribution in [0.15, 0.2) is 65.6 Å². The van der Waals surface area contributed by atoms with E-state index in [1.165, 1.54) is 48.5 Å². The van der Waals surface area contributed by atoms with Crippen LogP contribution in [-0.4, -0.2) is 18.3 Å². The van der Waals surface area contributed by atoms with Crippen LogP contribution in [0.5, 0.6) is 0 Å². The molecule has 5 nitrogen and oxygen atoms in total. The highest BCUT2D eigenvalue weighted by atomic mass is 35.5. The maximum atomic E-state index is 13.3. The molecule has 0 saturated heterocycles. The fraction of sp³-hybridized carbons (Fsp3) is 0.0625. The van der Waals surface area contributed by atoms with Gasteiger partial charge in [-0.05, 0) is 30.3 Å². The number of rotatable bonds is 4. The predicted molar refractivity (Wildman–Crippen MR) is 90.7 cm³/mol. The summed E-state index contributed by atoms with van der Waals surface area (Å²) >= 11 is 5.77. The van der Waals surface area contributed by atoms with Crippen molar-refractivity contribution >= 4 is 21.6 Å². The minimum atomic E-state index is -4.81. The second-order valence-electron chi connectivity index (χ2n) is 5.24. The lowest BCUT2D eigenvalue weighted by molar-refractivity contribution is -0.143. The summed E-state index contributed by atoms with van der Waals surface area (Å²) in [6, 6.07) is 13.8. The van der Waals surface area contributed by atoms with Gasteiger partial charge in [0.05, 0.1) is 10.6 Å². The Bertz CT molecular complexity index is 1020. The standard InChI is InChI=1S/C16H11ClF3N3O2S/c17-12-8-6-11(7-9-12)14-10-15(16(18,19)20)23(21-14)22-26(24,25)13-4-2-1-3-5-13/h1-10,22H. The molecule has 0 aliphatic carbocycles. The Labute approximate surface area is 152 Å². The molecule has 26 heavy (non-hydrogen) atoms. The van der Waals surface area contributed by atoms with Crippen molar-refractivity contribution in [2.45, 2.75) is 11.1 Å². The molecule has 0 aliphatic heterocycles.